The third kappa shape index (κ3) is 8.48. The normalized spacial score (nSPS) is 15.1. The van der Waals surface area contributed by atoms with E-state index in [-0.39, 0.29) is 24.5 Å². The summed E-state index contributed by atoms with van der Waals surface area (Å²) in [6, 6.07) is 16.9. The lowest BCUT2D eigenvalue weighted by atomic mass is 9.95. The second kappa shape index (κ2) is 15.2. The highest BCUT2D eigenvalue weighted by molar-refractivity contribution is 5.95. The molecule has 3 aromatic rings. The average molecular weight is 620 g/mol. The number of nitro benzene ring substituents is 1. The molecule has 0 saturated carbocycles. The summed E-state index contributed by atoms with van der Waals surface area (Å²) >= 11 is 0. The molecule has 14 nitrogen and oxygen atoms in total. The molecular weight excluding hydrogens is 586 g/mol. The molecule has 0 saturated heterocycles. The third-order valence-corrected chi connectivity index (χ3v) is 6.56. The lowest BCUT2D eigenvalue weighted by Crippen LogP contribution is -2.45. The molecule has 1 aliphatic heterocycles. The number of carbonyl (C=O) groups excluding carboxylic acids is 2. The average Bonchev–Trinajstić information content (AvgIpc) is 3.03. The maximum atomic E-state index is 12.4. The number of hydrogen-bond acceptors (Lipinski definition) is 11. The summed E-state index contributed by atoms with van der Waals surface area (Å²) in [6.07, 6.45) is 0.292. The van der Waals surface area contributed by atoms with Crippen LogP contribution in [0.25, 0.3) is 0 Å². The number of ether oxygens (including phenoxy) is 4. The van der Waals surface area contributed by atoms with Crippen molar-refractivity contribution in [3.63, 3.8) is 0 Å². The summed E-state index contributed by atoms with van der Waals surface area (Å²) in [5.74, 6) is 0.617. The first-order valence-corrected chi connectivity index (χ1v) is 13.9. The van der Waals surface area contributed by atoms with Crippen LogP contribution in [0.15, 0.2) is 83.1 Å². The number of urea groups is 1. The number of rotatable bonds is 14. The Hall–Kier alpha value is -5.63. The molecule has 0 aromatic heterocycles. The van der Waals surface area contributed by atoms with Crippen molar-refractivity contribution in [2.24, 2.45) is 5.10 Å². The largest absolute Gasteiger partial charge is 0.490 e. The number of aliphatic hydroxyl groups is 1. The Kier molecular flexibility index (Phi) is 10.9. The smallest absolute Gasteiger partial charge is 0.337 e. The molecule has 14 heteroatoms. The summed E-state index contributed by atoms with van der Waals surface area (Å²) in [4.78, 5) is 35.0. The molecule has 4 rings (SSSR count). The van der Waals surface area contributed by atoms with Crippen LogP contribution in [0.1, 0.15) is 36.6 Å². The van der Waals surface area contributed by atoms with E-state index >= 15 is 0 Å². The SMILES string of the molecule is CCOc1cc([C@@H]2NC(=O)NC(C)=C2C(=O)OC)ccc1OC[C@H](O)N/N=C\c1ccccc1OCc1ccc([N+](=O)[O-])cc1. The molecule has 2 atom stereocenters. The first-order chi connectivity index (χ1) is 21.7. The zero-order valence-corrected chi connectivity index (χ0v) is 24.8. The molecule has 2 amide bonds. The number of nitro groups is 1. The van der Waals surface area contributed by atoms with Gasteiger partial charge in [-0.15, -0.1) is 0 Å². The molecule has 0 bridgehead atoms. The molecule has 0 fully saturated rings. The van der Waals surface area contributed by atoms with E-state index in [1.165, 1.54) is 25.5 Å². The number of nitrogens with zero attached hydrogens (tertiary/aromatic N) is 2. The first kappa shape index (κ1) is 32.3. The number of non-ortho nitro benzene ring substituents is 1. The van der Waals surface area contributed by atoms with Crippen LogP contribution in [0.4, 0.5) is 10.5 Å². The van der Waals surface area contributed by atoms with E-state index < -0.39 is 29.2 Å². The molecule has 1 aliphatic rings. The van der Waals surface area contributed by atoms with E-state index in [0.717, 1.165) is 5.56 Å². The summed E-state index contributed by atoms with van der Waals surface area (Å²) in [6.45, 7) is 3.73. The Morgan fingerprint density at radius 3 is 2.56 bits per heavy atom. The Morgan fingerprint density at radius 1 is 1.09 bits per heavy atom. The monoisotopic (exact) mass is 619 g/mol. The van der Waals surface area contributed by atoms with Crippen LogP contribution < -0.4 is 30.3 Å². The number of benzene rings is 3. The number of esters is 1. The fourth-order valence-corrected chi connectivity index (χ4v) is 4.41. The van der Waals surface area contributed by atoms with Crippen LogP contribution >= 0.6 is 0 Å². The van der Waals surface area contributed by atoms with Crippen molar-refractivity contribution in [3.05, 3.63) is 105 Å². The van der Waals surface area contributed by atoms with Gasteiger partial charge in [-0.05, 0) is 61.4 Å². The van der Waals surface area contributed by atoms with Gasteiger partial charge in [-0.2, -0.15) is 5.10 Å². The predicted octanol–water partition coefficient (Wildman–Crippen LogP) is 3.69. The van der Waals surface area contributed by atoms with Crippen molar-refractivity contribution in [1.29, 1.82) is 0 Å². The lowest BCUT2D eigenvalue weighted by molar-refractivity contribution is -0.384. The fraction of sp³-hybridized carbons (Fsp3) is 0.258. The molecule has 0 unspecified atom stereocenters. The van der Waals surface area contributed by atoms with Crippen molar-refractivity contribution < 1.29 is 38.6 Å². The van der Waals surface area contributed by atoms with Crippen molar-refractivity contribution in [1.82, 2.24) is 16.1 Å². The van der Waals surface area contributed by atoms with Gasteiger partial charge in [0.2, 0.25) is 0 Å². The number of amides is 2. The summed E-state index contributed by atoms with van der Waals surface area (Å²) in [5.41, 5.74) is 5.19. The number of hydrogen-bond donors (Lipinski definition) is 4. The number of allylic oxidation sites excluding steroid dienone is 1. The molecule has 0 spiro atoms. The molecule has 4 N–H and O–H groups in total. The van der Waals surface area contributed by atoms with Crippen molar-refractivity contribution in [2.45, 2.75) is 32.7 Å². The number of nitrogens with one attached hydrogen (secondary N) is 3. The summed E-state index contributed by atoms with van der Waals surface area (Å²) < 4.78 is 22.3. The van der Waals surface area contributed by atoms with Crippen LogP contribution in [0, 0.1) is 10.1 Å². The summed E-state index contributed by atoms with van der Waals surface area (Å²) in [5, 5.41) is 30.7. The van der Waals surface area contributed by atoms with Crippen LogP contribution in [-0.2, 0) is 16.1 Å². The molecule has 0 radical (unpaired) electrons. The Morgan fingerprint density at radius 2 is 1.84 bits per heavy atom. The maximum absolute atomic E-state index is 12.4. The van der Waals surface area contributed by atoms with Gasteiger partial charge in [0.05, 0.1) is 36.5 Å². The van der Waals surface area contributed by atoms with Crippen molar-refractivity contribution >= 4 is 23.9 Å². The Balaban J connectivity index is 1.37. The lowest BCUT2D eigenvalue weighted by Gasteiger charge is -2.28. The predicted molar refractivity (Wildman–Crippen MR) is 163 cm³/mol. The van der Waals surface area contributed by atoms with Gasteiger partial charge in [-0.25, -0.2) is 9.59 Å². The van der Waals surface area contributed by atoms with Gasteiger partial charge in [-0.3, -0.25) is 15.5 Å². The fourth-order valence-electron chi connectivity index (χ4n) is 4.41. The van der Waals surface area contributed by atoms with E-state index in [9.17, 15) is 24.8 Å². The van der Waals surface area contributed by atoms with Crippen LogP contribution in [0.3, 0.4) is 0 Å². The van der Waals surface area contributed by atoms with E-state index in [4.69, 9.17) is 18.9 Å². The highest BCUT2D eigenvalue weighted by Crippen LogP contribution is 2.35. The highest BCUT2D eigenvalue weighted by atomic mass is 16.6. The molecule has 1 heterocycles. The van der Waals surface area contributed by atoms with Gasteiger partial charge in [0, 0.05) is 23.4 Å². The molecular formula is C31H33N5O9. The third-order valence-electron chi connectivity index (χ3n) is 6.56. The van der Waals surface area contributed by atoms with Gasteiger partial charge >= 0.3 is 12.0 Å². The van der Waals surface area contributed by atoms with Crippen molar-refractivity contribution in [2.75, 3.05) is 20.3 Å². The van der Waals surface area contributed by atoms with E-state index in [2.05, 4.69) is 21.2 Å². The van der Waals surface area contributed by atoms with Gasteiger partial charge < -0.3 is 34.7 Å². The molecule has 236 valence electrons. The molecule has 45 heavy (non-hydrogen) atoms. The van der Waals surface area contributed by atoms with Gasteiger partial charge in [-0.1, -0.05) is 18.2 Å². The number of aliphatic hydroxyl groups excluding tert-OH is 1. The van der Waals surface area contributed by atoms with E-state index in [1.807, 2.05) is 0 Å². The highest BCUT2D eigenvalue weighted by Gasteiger charge is 2.32. The summed E-state index contributed by atoms with van der Waals surface area (Å²) in [7, 11) is 1.26. The van der Waals surface area contributed by atoms with Crippen LogP contribution in [-0.4, -0.2) is 54.8 Å². The van der Waals surface area contributed by atoms with Gasteiger partial charge in [0.15, 0.2) is 17.7 Å². The number of methoxy groups -OCH3 is 1. The standard InChI is InChI=1S/C31H33N5O9/c1-4-43-26-15-21(29-28(30(38)42-3)19(2)33-31(39)34-29)11-14-25(26)45-18-27(37)35-32-16-22-7-5-6-8-24(22)44-17-20-9-12-23(13-10-20)36(40)41/h5-16,27,29,35,37H,4,17-18H2,1-3H3,(H2,33,34,39)/b32-16-/t27-,29-/m0/s1. The minimum atomic E-state index is -1.19. The Labute approximate surface area is 258 Å². The second-order valence-corrected chi connectivity index (χ2v) is 9.67. The van der Waals surface area contributed by atoms with E-state index in [1.54, 1.807) is 68.4 Å². The van der Waals surface area contributed by atoms with Gasteiger partial charge in [0.25, 0.3) is 5.69 Å². The molecule has 3 aromatic carbocycles. The van der Waals surface area contributed by atoms with E-state index in [0.29, 0.717) is 40.7 Å². The maximum Gasteiger partial charge on any atom is 0.337 e. The van der Waals surface area contributed by atoms with Crippen LogP contribution in [0.5, 0.6) is 17.2 Å². The quantitative estimate of drug-likeness (QED) is 0.0683. The van der Waals surface area contributed by atoms with Crippen molar-refractivity contribution in [3.8, 4) is 17.2 Å². The minimum absolute atomic E-state index is 0.0000419. The molecule has 0 aliphatic carbocycles. The number of para-hydroxylation sites is 1. The zero-order valence-electron chi connectivity index (χ0n) is 24.8. The minimum Gasteiger partial charge on any atom is -0.490 e. The number of carbonyl (C=O) groups is 2. The first-order valence-electron chi connectivity index (χ1n) is 13.9. The Bertz CT molecular complexity index is 1590. The second-order valence-electron chi connectivity index (χ2n) is 9.67. The van der Waals surface area contributed by atoms with Crippen LogP contribution in [0.2, 0.25) is 0 Å². The zero-order chi connectivity index (χ0) is 32.3. The number of hydrazone groups is 1. The topological polar surface area (TPSA) is 183 Å². The van der Waals surface area contributed by atoms with Gasteiger partial charge in [0.1, 0.15) is 19.0 Å².